The third-order valence-corrected chi connectivity index (χ3v) is 3.88. The Balaban J connectivity index is 1.70. The van der Waals surface area contributed by atoms with E-state index in [2.05, 4.69) is 15.5 Å². The summed E-state index contributed by atoms with van der Waals surface area (Å²) >= 11 is 7.37. The summed E-state index contributed by atoms with van der Waals surface area (Å²) in [6.45, 7) is 0. The summed E-state index contributed by atoms with van der Waals surface area (Å²) in [5.41, 5.74) is 0.898. The van der Waals surface area contributed by atoms with Crippen LogP contribution in [0.2, 0.25) is 5.02 Å². The number of hydrogen-bond acceptors (Lipinski definition) is 5. The first-order valence-electron chi connectivity index (χ1n) is 6.22. The Morgan fingerprint density at radius 1 is 1.36 bits per heavy atom. The molecule has 0 bridgehead atoms. The van der Waals surface area contributed by atoms with Gasteiger partial charge in [-0.3, -0.25) is 10.1 Å². The van der Waals surface area contributed by atoms with Gasteiger partial charge in [-0.15, -0.1) is 5.10 Å². The minimum Gasteiger partial charge on any atom is -0.403 e. The summed E-state index contributed by atoms with van der Waals surface area (Å²) in [4.78, 5) is 11.9. The largest absolute Gasteiger partial charge is 0.403 e. The number of carbonyl (C=O) groups excluding carboxylic acids is 1. The molecule has 1 aromatic carbocycles. The van der Waals surface area contributed by atoms with Crippen LogP contribution in [0.15, 0.2) is 39.4 Å². The molecule has 2 aromatic heterocycles. The van der Waals surface area contributed by atoms with E-state index in [9.17, 15) is 9.18 Å². The smallest absolute Gasteiger partial charge is 0.322 e. The molecule has 22 heavy (non-hydrogen) atoms. The van der Waals surface area contributed by atoms with E-state index in [0.717, 1.165) is 5.56 Å². The topological polar surface area (TPSA) is 68.0 Å². The molecule has 8 heteroatoms. The van der Waals surface area contributed by atoms with E-state index >= 15 is 0 Å². The molecule has 0 unspecified atom stereocenters. The summed E-state index contributed by atoms with van der Waals surface area (Å²) in [5.74, 6) is -0.722. The number of benzene rings is 1. The van der Waals surface area contributed by atoms with Crippen molar-refractivity contribution in [1.29, 1.82) is 0 Å². The van der Waals surface area contributed by atoms with Crippen molar-refractivity contribution in [2.75, 3.05) is 5.32 Å². The van der Waals surface area contributed by atoms with Gasteiger partial charge in [0, 0.05) is 21.5 Å². The number of nitrogens with zero attached hydrogens (tertiary/aromatic N) is 2. The van der Waals surface area contributed by atoms with Crippen LogP contribution in [0.4, 0.5) is 10.4 Å². The molecule has 1 amide bonds. The van der Waals surface area contributed by atoms with Crippen molar-refractivity contribution in [3.63, 3.8) is 0 Å². The molecular formula is C14H9ClFN3O2S. The lowest BCUT2D eigenvalue weighted by Gasteiger charge is -2.04. The van der Waals surface area contributed by atoms with Gasteiger partial charge >= 0.3 is 6.01 Å². The van der Waals surface area contributed by atoms with Crippen molar-refractivity contribution < 1.29 is 13.6 Å². The molecule has 0 atom stereocenters. The maximum absolute atomic E-state index is 13.6. The van der Waals surface area contributed by atoms with Crippen molar-refractivity contribution >= 4 is 34.9 Å². The van der Waals surface area contributed by atoms with Crippen molar-refractivity contribution in [3.8, 4) is 11.5 Å². The second-order valence-electron chi connectivity index (χ2n) is 4.35. The number of halogens is 2. The molecule has 3 rings (SSSR count). The normalized spacial score (nSPS) is 10.6. The lowest BCUT2D eigenvalue weighted by atomic mass is 10.1. The van der Waals surface area contributed by atoms with Crippen LogP contribution in [0.3, 0.4) is 0 Å². The second-order valence-corrected chi connectivity index (χ2v) is 5.54. The van der Waals surface area contributed by atoms with Gasteiger partial charge in [0.1, 0.15) is 5.82 Å². The predicted molar refractivity (Wildman–Crippen MR) is 81.4 cm³/mol. The van der Waals surface area contributed by atoms with Crippen LogP contribution in [0.1, 0.15) is 5.56 Å². The number of rotatable bonds is 4. The molecule has 112 valence electrons. The third-order valence-electron chi connectivity index (χ3n) is 2.84. The van der Waals surface area contributed by atoms with Gasteiger partial charge in [-0.25, -0.2) is 4.39 Å². The first-order valence-corrected chi connectivity index (χ1v) is 7.54. The summed E-state index contributed by atoms with van der Waals surface area (Å²) < 4.78 is 18.9. The first kappa shape index (κ1) is 14.7. The van der Waals surface area contributed by atoms with Gasteiger partial charge in [0.05, 0.1) is 6.42 Å². The summed E-state index contributed by atoms with van der Waals surface area (Å²) in [5, 5.41) is 13.9. The van der Waals surface area contributed by atoms with E-state index < -0.39 is 11.7 Å². The second kappa shape index (κ2) is 6.25. The maximum Gasteiger partial charge on any atom is 0.322 e. The van der Waals surface area contributed by atoms with Gasteiger partial charge in [-0.1, -0.05) is 22.8 Å². The Kier molecular flexibility index (Phi) is 4.17. The number of aromatic nitrogens is 2. The average Bonchev–Trinajstić information content (AvgIpc) is 3.13. The van der Waals surface area contributed by atoms with Gasteiger partial charge in [0.2, 0.25) is 5.91 Å². The minimum absolute atomic E-state index is 0.0429. The van der Waals surface area contributed by atoms with Crippen molar-refractivity contribution in [1.82, 2.24) is 10.2 Å². The molecule has 0 saturated heterocycles. The highest BCUT2D eigenvalue weighted by atomic mass is 35.5. The van der Waals surface area contributed by atoms with Crippen LogP contribution >= 0.6 is 22.9 Å². The fourth-order valence-electron chi connectivity index (χ4n) is 1.80. The Morgan fingerprint density at radius 3 is 2.95 bits per heavy atom. The van der Waals surface area contributed by atoms with Crippen molar-refractivity contribution in [2.24, 2.45) is 0 Å². The Morgan fingerprint density at radius 2 is 2.23 bits per heavy atom. The van der Waals surface area contributed by atoms with E-state index in [1.54, 1.807) is 0 Å². The van der Waals surface area contributed by atoms with Crippen LogP contribution in [0.5, 0.6) is 0 Å². The predicted octanol–water partition coefficient (Wildman–Crippen LogP) is 3.77. The molecule has 0 radical (unpaired) electrons. The fraction of sp³-hybridized carbons (Fsp3) is 0.0714. The maximum atomic E-state index is 13.6. The summed E-state index contributed by atoms with van der Waals surface area (Å²) in [7, 11) is 0. The standard InChI is InChI=1S/C14H9ClFN3O2S/c15-10-2-1-3-11(16)9(10)6-12(20)17-14-19-18-13(21-14)8-4-5-22-7-8/h1-5,7H,6H2,(H,17,19,20). The van der Waals surface area contributed by atoms with Gasteiger partial charge in [-0.2, -0.15) is 11.3 Å². The van der Waals surface area contributed by atoms with Gasteiger partial charge < -0.3 is 4.42 Å². The molecular weight excluding hydrogens is 329 g/mol. The Hall–Kier alpha value is -2.25. The van der Waals surface area contributed by atoms with E-state index in [-0.39, 0.29) is 23.0 Å². The lowest BCUT2D eigenvalue weighted by Crippen LogP contribution is -2.15. The van der Waals surface area contributed by atoms with Crippen molar-refractivity contribution in [3.05, 3.63) is 51.4 Å². The number of nitrogens with one attached hydrogen (secondary N) is 1. The zero-order chi connectivity index (χ0) is 15.5. The van der Waals surface area contributed by atoms with Crippen LogP contribution in [-0.2, 0) is 11.2 Å². The summed E-state index contributed by atoms with van der Waals surface area (Å²) in [6.07, 6.45) is -0.221. The Bertz CT molecular complexity index is 784. The van der Waals surface area contributed by atoms with Crippen LogP contribution in [-0.4, -0.2) is 16.1 Å². The first-order chi connectivity index (χ1) is 10.6. The van der Waals surface area contributed by atoms with E-state index in [1.807, 2.05) is 16.8 Å². The van der Waals surface area contributed by atoms with E-state index in [4.69, 9.17) is 16.0 Å². The van der Waals surface area contributed by atoms with Crippen LogP contribution in [0.25, 0.3) is 11.5 Å². The number of amides is 1. The molecule has 0 fully saturated rings. The quantitative estimate of drug-likeness (QED) is 0.786. The molecule has 1 N–H and O–H groups in total. The number of hydrogen-bond donors (Lipinski definition) is 1. The number of carbonyl (C=O) groups is 1. The highest BCUT2D eigenvalue weighted by molar-refractivity contribution is 7.08. The highest BCUT2D eigenvalue weighted by Crippen LogP contribution is 2.23. The molecule has 5 nitrogen and oxygen atoms in total. The summed E-state index contributed by atoms with van der Waals surface area (Å²) in [6, 6.07) is 6.02. The van der Waals surface area contributed by atoms with Crippen LogP contribution < -0.4 is 5.32 Å². The third kappa shape index (κ3) is 3.15. The van der Waals surface area contributed by atoms with Gasteiger partial charge in [0.25, 0.3) is 5.89 Å². The highest BCUT2D eigenvalue weighted by Gasteiger charge is 2.15. The minimum atomic E-state index is -0.535. The molecule has 0 aliphatic heterocycles. The monoisotopic (exact) mass is 337 g/mol. The fourth-order valence-corrected chi connectivity index (χ4v) is 2.66. The van der Waals surface area contributed by atoms with Crippen molar-refractivity contribution in [2.45, 2.75) is 6.42 Å². The number of anilines is 1. The van der Waals surface area contributed by atoms with Crippen LogP contribution in [0, 0.1) is 5.82 Å². The lowest BCUT2D eigenvalue weighted by molar-refractivity contribution is -0.115. The SMILES string of the molecule is O=C(Cc1c(F)cccc1Cl)Nc1nnc(-c2ccsc2)o1. The zero-order valence-corrected chi connectivity index (χ0v) is 12.6. The number of thiophene rings is 1. The Labute approximate surface area is 133 Å². The van der Waals surface area contributed by atoms with Gasteiger partial charge in [-0.05, 0) is 23.6 Å². The molecule has 0 aliphatic carbocycles. The molecule has 2 heterocycles. The average molecular weight is 338 g/mol. The molecule has 3 aromatic rings. The van der Waals surface area contributed by atoms with E-state index in [1.165, 1.54) is 29.5 Å². The van der Waals surface area contributed by atoms with E-state index in [0.29, 0.717) is 5.89 Å². The molecule has 0 spiro atoms. The molecule has 0 aliphatic rings. The zero-order valence-electron chi connectivity index (χ0n) is 11.0. The van der Waals surface area contributed by atoms with Gasteiger partial charge in [0.15, 0.2) is 0 Å². The molecule has 0 saturated carbocycles.